The lowest BCUT2D eigenvalue weighted by Crippen LogP contribution is -2.42. The number of aromatic nitrogens is 1. The van der Waals surface area contributed by atoms with Crippen molar-refractivity contribution >= 4 is 21.1 Å². The zero-order valence-corrected chi connectivity index (χ0v) is 12.8. The molecule has 108 valence electrons. The molecule has 0 unspecified atom stereocenters. The molecule has 1 aliphatic rings. The number of nitrogens with zero attached hydrogens (tertiary/aromatic N) is 2. The SMILES string of the molecule is Cc1ccc2[nH]c3c(c2c1)CN(S(=O)(=O)N(C)C)CC3. The fourth-order valence-electron chi connectivity index (χ4n) is 2.73. The molecule has 20 heavy (non-hydrogen) atoms. The first kappa shape index (κ1) is 13.6. The van der Waals surface area contributed by atoms with Gasteiger partial charge in [-0.2, -0.15) is 17.0 Å². The van der Waals surface area contributed by atoms with E-state index >= 15 is 0 Å². The molecule has 3 rings (SSSR count). The minimum Gasteiger partial charge on any atom is -0.358 e. The van der Waals surface area contributed by atoms with Gasteiger partial charge in [-0.1, -0.05) is 11.6 Å². The van der Waals surface area contributed by atoms with E-state index in [2.05, 4.69) is 30.1 Å². The van der Waals surface area contributed by atoms with Crippen molar-refractivity contribution in [1.82, 2.24) is 13.6 Å². The second-order valence-corrected chi connectivity index (χ2v) is 7.65. The third-order valence-corrected chi connectivity index (χ3v) is 5.77. The highest BCUT2D eigenvalue weighted by atomic mass is 32.2. The summed E-state index contributed by atoms with van der Waals surface area (Å²) in [4.78, 5) is 3.41. The van der Waals surface area contributed by atoms with Gasteiger partial charge in [-0.25, -0.2) is 0 Å². The van der Waals surface area contributed by atoms with Gasteiger partial charge < -0.3 is 4.98 Å². The minimum atomic E-state index is -3.35. The number of hydrogen-bond acceptors (Lipinski definition) is 2. The number of hydrogen-bond donors (Lipinski definition) is 1. The van der Waals surface area contributed by atoms with E-state index < -0.39 is 10.2 Å². The molecule has 1 aliphatic heterocycles. The third-order valence-electron chi connectivity index (χ3n) is 3.88. The highest BCUT2D eigenvalue weighted by Gasteiger charge is 2.30. The van der Waals surface area contributed by atoms with Gasteiger partial charge >= 0.3 is 0 Å². The molecule has 0 amide bonds. The van der Waals surface area contributed by atoms with Crippen LogP contribution in [0.15, 0.2) is 18.2 Å². The molecule has 2 heterocycles. The molecule has 0 aliphatic carbocycles. The van der Waals surface area contributed by atoms with E-state index in [4.69, 9.17) is 0 Å². The summed E-state index contributed by atoms with van der Waals surface area (Å²) in [6, 6.07) is 6.25. The predicted molar refractivity (Wildman–Crippen MR) is 79.8 cm³/mol. The fourth-order valence-corrected chi connectivity index (χ4v) is 3.81. The van der Waals surface area contributed by atoms with Gasteiger partial charge in [0, 0.05) is 50.2 Å². The summed E-state index contributed by atoms with van der Waals surface area (Å²) in [5, 5.41) is 1.14. The number of benzene rings is 1. The van der Waals surface area contributed by atoms with Crippen molar-refractivity contribution in [1.29, 1.82) is 0 Å². The van der Waals surface area contributed by atoms with Crippen molar-refractivity contribution in [2.75, 3.05) is 20.6 Å². The van der Waals surface area contributed by atoms with Crippen LogP contribution in [0.25, 0.3) is 10.9 Å². The first-order valence-electron chi connectivity index (χ1n) is 6.67. The van der Waals surface area contributed by atoms with E-state index in [0.29, 0.717) is 13.1 Å². The number of rotatable bonds is 2. The summed E-state index contributed by atoms with van der Waals surface area (Å²) in [5.41, 5.74) is 4.55. The summed E-state index contributed by atoms with van der Waals surface area (Å²) >= 11 is 0. The van der Waals surface area contributed by atoms with Gasteiger partial charge in [0.25, 0.3) is 10.2 Å². The van der Waals surface area contributed by atoms with Crippen molar-refractivity contribution < 1.29 is 8.42 Å². The first-order valence-corrected chi connectivity index (χ1v) is 8.07. The zero-order chi connectivity index (χ0) is 14.5. The monoisotopic (exact) mass is 293 g/mol. The maximum atomic E-state index is 12.3. The summed E-state index contributed by atoms with van der Waals surface area (Å²) < 4.78 is 27.3. The smallest absolute Gasteiger partial charge is 0.281 e. The quantitative estimate of drug-likeness (QED) is 0.915. The maximum Gasteiger partial charge on any atom is 0.281 e. The van der Waals surface area contributed by atoms with Gasteiger partial charge in [0.15, 0.2) is 0 Å². The van der Waals surface area contributed by atoms with Crippen LogP contribution in [0.2, 0.25) is 0 Å². The highest BCUT2D eigenvalue weighted by Crippen LogP contribution is 2.29. The zero-order valence-electron chi connectivity index (χ0n) is 12.0. The Labute approximate surface area is 119 Å². The van der Waals surface area contributed by atoms with Gasteiger partial charge in [0.2, 0.25) is 0 Å². The number of H-pyrrole nitrogens is 1. The Kier molecular flexibility index (Phi) is 3.12. The van der Waals surface area contributed by atoms with Gasteiger partial charge in [-0.15, -0.1) is 0 Å². The number of aryl methyl sites for hydroxylation is 1. The Hall–Kier alpha value is -1.37. The average Bonchev–Trinajstić information content (AvgIpc) is 2.75. The molecule has 0 saturated carbocycles. The molecule has 6 heteroatoms. The van der Waals surface area contributed by atoms with Crippen LogP contribution in [-0.4, -0.2) is 42.7 Å². The Bertz CT molecular complexity index is 762. The molecule has 0 atom stereocenters. The summed E-state index contributed by atoms with van der Waals surface area (Å²) in [6.45, 7) is 3.02. The lowest BCUT2D eigenvalue weighted by molar-refractivity contribution is 0.358. The summed E-state index contributed by atoms with van der Waals surface area (Å²) in [5.74, 6) is 0. The van der Waals surface area contributed by atoms with Crippen molar-refractivity contribution in [2.24, 2.45) is 0 Å². The largest absolute Gasteiger partial charge is 0.358 e. The van der Waals surface area contributed by atoms with E-state index in [1.54, 1.807) is 18.4 Å². The van der Waals surface area contributed by atoms with E-state index in [1.807, 2.05) is 0 Å². The lowest BCUT2D eigenvalue weighted by atomic mass is 10.0. The van der Waals surface area contributed by atoms with Crippen LogP contribution in [0.5, 0.6) is 0 Å². The van der Waals surface area contributed by atoms with Crippen LogP contribution in [0.1, 0.15) is 16.8 Å². The molecule has 0 spiro atoms. The van der Waals surface area contributed by atoms with Crippen molar-refractivity contribution in [3.63, 3.8) is 0 Å². The van der Waals surface area contributed by atoms with Gasteiger partial charge in [0.05, 0.1) is 0 Å². The molecule has 1 aromatic carbocycles. The van der Waals surface area contributed by atoms with E-state index in [-0.39, 0.29) is 0 Å². The molecule has 1 aromatic heterocycles. The molecular formula is C14H19N3O2S. The van der Waals surface area contributed by atoms with Gasteiger partial charge in [-0.3, -0.25) is 0 Å². The molecule has 0 fully saturated rings. The molecule has 2 aromatic rings. The normalized spacial score (nSPS) is 16.8. The Balaban J connectivity index is 2.06. The van der Waals surface area contributed by atoms with Crippen LogP contribution in [0, 0.1) is 6.92 Å². The van der Waals surface area contributed by atoms with Crippen LogP contribution < -0.4 is 0 Å². The second-order valence-electron chi connectivity index (χ2n) is 5.50. The number of fused-ring (bicyclic) bond motifs is 3. The van der Waals surface area contributed by atoms with Gasteiger partial charge in [-0.05, 0) is 24.6 Å². The molecular weight excluding hydrogens is 274 g/mol. The number of nitrogens with one attached hydrogen (secondary N) is 1. The van der Waals surface area contributed by atoms with Crippen LogP contribution >= 0.6 is 0 Å². The molecule has 0 radical (unpaired) electrons. The van der Waals surface area contributed by atoms with Crippen LogP contribution in [0.4, 0.5) is 0 Å². The first-order chi connectivity index (χ1) is 9.39. The lowest BCUT2D eigenvalue weighted by Gasteiger charge is -2.28. The Morgan fingerprint density at radius 1 is 1.30 bits per heavy atom. The van der Waals surface area contributed by atoms with Crippen molar-refractivity contribution in [3.05, 3.63) is 35.0 Å². The highest BCUT2D eigenvalue weighted by molar-refractivity contribution is 7.86. The topological polar surface area (TPSA) is 56.4 Å². The van der Waals surface area contributed by atoms with Crippen molar-refractivity contribution in [2.45, 2.75) is 19.9 Å². The molecule has 1 N–H and O–H groups in total. The molecule has 5 nitrogen and oxygen atoms in total. The standard InChI is InChI=1S/C14H19N3O2S/c1-10-4-5-13-11(8-10)12-9-17(7-6-14(12)15-13)20(18,19)16(2)3/h4-5,8,15H,6-7,9H2,1-3H3. The fraction of sp³-hybridized carbons (Fsp3) is 0.429. The molecule has 0 saturated heterocycles. The Morgan fingerprint density at radius 3 is 2.75 bits per heavy atom. The maximum absolute atomic E-state index is 12.3. The predicted octanol–water partition coefficient (Wildman–Crippen LogP) is 1.64. The second kappa shape index (κ2) is 4.58. The average molecular weight is 293 g/mol. The van der Waals surface area contributed by atoms with Crippen molar-refractivity contribution in [3.8, 4) is 0 Å². The third kappa shape index (κ3) is 2.04. The Morgan fingerprint density at radius 2 is 2.05 bits per heavy atom. The summed E-state index contributed by atoms with van der Waals surface area (Å²) in [7, 11) is -0.199. The number of aromatic amines is 1. The minimum absolute atomic E-state index is 0.444. The van der Waals surface area contributed by atoms with Crippen LogP contribution in [0.3, 0.4) is 0 Å². The summed E-state index contributed by atoms with van der Waals surface area (Å²) in [6.07, 6.45) is 0.732. The van der Waals surface area contributed by atoms with E-state index in [0.717, 1.165) is 28.6 Å². The van der Waals surface area contributed by atoms with Gasteiger partial charge in [0.1, 0.15) is 0 Å². The van der Waals surface area contributed by atoms with E-state index in [9.17, 15) is 8.42 Å². The van der Waals surface area contributed by atoms with E-state index in [1.165, 1.54) is 9.87 Å². The molecule has 0 bridgehead atoms. The van der Waals surface area contributed by atoms with Crippen LogP contribution in [-0.2, 0) is 23.2 Å².